The van der Waals surface area contributed by atoms with Gasteiger partial charge in [-0.05, 0) is 126 Å². The molecular weight excluding hydrogens is 1150 g/mol. The summed E-state index contributed by atoms with van der Waals surface area (Å²) >= 11 is 1.90. The Morgan fingerprint density at radius 2 is 1.19 bits per heavy atom. The summed E-state index contributed by atoms with van der Waals surface area (Å²) < 4.78 is 65.6. The largest absolute Gasteiger partial charge is 0.390 e. The van der Waals surface area contributed by atoms with Crippen molar-refractivity contribution in [1.29, 1.82) is 0 Å². The monoisotopic (exact) mass is 1270 g/mol. The molecule has 3 unspecified atom stereocenters. The average molecular weight is 1270 g/mol. The lowest BCUT2D eigenvalue weighted by molar-refractivity contribution is -0.121. The molecule has 4 amide bonds. The SMILES string of the molecule is C=C1CC[C@@H](NC(C)=O)C/C1=C/C=C1\CCC[C@@]2(C)C1CC[C@@H]2C(C)CCC(C)C(C)(C)O.CCCOCCOCCOCCOCCOCCOCCOCCOCCOCCOCCOCCOCCNC(=O)CCCC[C@@H]1SC[C@@H]2NC(=O)N[C@@H]21. The van der Waals surface area contributed by atoms with E-state index in [0.717, 1.165) is 69.6 Å². The van der Waals surface area contributed by atoms with Gasteiger partial charge in [-0.1, -0.05) is 70.4 Å². The number of rotatable bonds is 50. The van der Waals surface area contributed by atoms with Crippen molar-refractivity contribution in [3.63, 3.8) is 0 Å². The van der Waals surface area contributed by atoms with Crippen molar-refractivity contribution in [1.82, 2.24) is 21.3 Å². The number of amides is 4. The molecule has 9 atom stereocenters. The number of fused-ring (bicyclic) bond motifs is 2. The van der Waals surface area contributed by atoms with Crippen molar-refractivity contribution in [3.8, 4) is 0 Å². The first-order valence-electron chi connectivity index (χ1n) is 33.6. The van der Waals surface area contributed by atoms with Gasteiger partial charge in [0.1, 0.15) is 0 Å². The first-order valence-corrected chi connectivity index (χ1v) is 34.6. The van der Waals surface area contributed by atoms with E-state index >= 15 is 0 Å². The van der Waals surface area contributed by atoms with Gasteiger partial charge in [0, 0.05) is 43.5 Å². The van der Waals surface area contributed by atoms with Crippen LogP contribution in [0.2, 0.25) is 0 Å². The Morgan fingerprint density at radius 3 is 1.68 bits per heavy atom. The highest BCUT2D eigenvalue weighted by Crippen LogP contribution is 2.60. The lowest BCUT2D eigenvalue weighted by atomic mass is 9.60. The van der Waals surface area contributed by atoms with Crippen LogP contribution in [0.3, 0.4) is 0 Å². The zero-order valence-corrected chi connectivity index (χ0v) is 56.3. The topological polar surface area (TPSA) is 230 Å². The number of urea groups is 1. The maximum absolute atomic E-state index is 12.0. The molecule has 0 aromatic heterocycles. The maximum Gasteiger partial charge on any atom is 0.315 e. The minimum Gasteiger partial charge on any atom is -0.390 e. The van der Waals surface area contributed by atoms with Crippen molar-refractivity contribution in [2.24, 2.45) is 29.1 Å². The number of allylic oxidation sites excluding steroid dienone is 4. The molecule has 0 aromatic carbocycles. The quantitative estimate of drug-likeness (QED) is 0.0284. The third kappa shape index (κ3) is 33.2. The molecule has 5 N–H and O–H groups in total. The van der Waals surface area contributed by atoms with Crippen molar-refractivity contribution < 1.29 is 76.3 Å². The molecular formula is C67H120N4O16S. The molecule has 5 fully saturated rings. The molecule has 5 rings (SSSR count). The molecule has 21 heteroatoms. The Morgan fingerprint density at radius 1 is 0.693 bits per heavy atom. The number of hydrogen-bond acceptors (Lipinski definition) is 17. The maximum atomic E-state index is 12.0. The average Bonchev–Trinajstić information content (AvgIpc) is 3.08. The van der Waals surface area contributed by atoms with Crippen molar-refractivity contribution in [2.45, 2.75) is 174 Å². The zero-order chi connectivity index (χ0) is 63.5. The van der Waals surface area contributed by atoms with Gasteiger partial charge in [-0.2, -0.15) is 11.8 Å². The molecule has 0 aromatic rings. The lowest BCUT2D eigenvalue weighted by Gasteiger charge is -2.44. The van der Waals surface area contributed by atoms with Gasteiger partial charge in [0.2, 0.25) is 11.8 Å². The summed E-state index contributed by atoms with van der Waals surface area (Å²) in [5.74, 6) is 3.59. The molecule has 2 aliphatic heterocycles. The van der Waals surface area contributed by atoms with Crippen LogP contribution in [-0.4, -0.2) is 223 Å². The summed E-state index contributed by atoms with van der Waals surface area (Å²) in [6, 6.07) is 0.655. The van der Waals surface area contributed by atoms with E-state index in [2.05, 4.69) is 67.7 Å². The van der Waals surface area contributed by atoms with E-state index in [0.29, 0.717) is 193 Å². The fourth-order valence-electron chi connectivity index (χ4n) is 12.4. The summed E-state index contributed by atoms with van der Waals surface area (Å²) in [6.45, 7) is 32.1. The minimum absolute atomic E-state index is 0.0436. The second-order valence-corrected chi connectivity index (χ2v) is 26.2. The first-order chi connectivity index (χ1) is 42.6. The van der Waals surface area contributed by atoms with Crippen LogP contribution in [0.25, 0.3) is 0 Å². The highest BCUT2D eigenvalue weighted by Gasteiger charge is 2.50. The smallest absolute Gasteiger partial charge is 0.315 e. The molecule has 0 bridgehead atoms. The van der Waals surface area contributed by atoms with E-state index in [-0.39, 0.29) is 36.0 Å². The predicted molar refractivity (Wildman–Crippen MR) is 346 cm³/mol. The molecule has 3 aliphatic carbocycles. The number of ether oxygens (including phenoxy) is 12. The summed E-state index contributed by atoms with van der Waals surface area (Å²) in [5.41, 5.74) is 4.03. The number of aliphatic hydroxyl groups is 1. The highest BCUT2D eigenvalue weighted by molar-refractivity contribution is 8.00. The number of unbranched alkanes of at least 4 members (excludes halogenated alkanes) is 1. The predicted octanol–water partition coefficient (Wildman–Crippen LogP) is 8.56. The molecule has 5 aliphatic rings. The summed E-state index contributed by atoms with van der Waals surface area (Å²) in [7, 11) is 0. The van der Waals surface area contributed by atoms with E-state index in [1.54, 1.807) is 12.5 Å². The van der Waals surface area contributed by atoms with Crippen LogP contribution in [0.4, 0.5) is 4.79 Å². The van der Waals surface area contributed by atoms with Crippen molar-refractivity contribution in [2.75, 3.05) is 171 Å². The van der Waals surface area contributed by atoms with Gasteiger partial charge in [-0.25, -0.2) is 4.79 Å². The van der Waals surface area contributed by atoms with Crippen LogP contribution in [0.1, 0.15) is 145 Å². The van der Waals surface area contributed by atoms with E-state index < -0.39 is 5.60 Å². The van der Waals surface area contributed by atoms with Crippen LogP contribution < -0.4 is 21.3 Å². The van der Waals surface area contributed by atoms with Gasteiger partial charge in [0.15, 0.2) is 0 Å². The molecule has 0 radical (unpaired) electrons. The molecule has 0 spiro atoms. The Balaban J connectivity index is 0.000000425. The lowest BCUT2D eigenvalue weighted by Crippen LogP contribution is -2.36. The molecule has 20 nitrogen and oxygen atoms in total. The van der Waals surface area contributed by atoms with Crippen LogP contribution in [-0.2, 0) is 66.4 Å². The number of hydrogen-bond donors (Lipinski definition) is 5. The van der Waals surface area contributed by atoms with Crippen LogP contribution in [0, 0.1) is 29.1 Å². The second-order valence-electron chi connectivity index (χ2n) is 24.9. The van der Waals surface area contributed by atoms with Crippen molar-refractivity contribution in [3.05, 3.63) is 35.5 Å². The molecule has 3 saturated carbocycles. The van der Waals surface area contributed by atoms with Gasteiger partial charge in [-0.3, -0.25) is 9.59 Å². The van der Waals surface area contributed by atoms with Gasteiger partial charge in [0.25, 0.3) is 0 Å². The van der Waals surface area contributed by atoms with E-state index in [1.165, 1.54) is 49.7 Å². The normalized spacial score (nSPS) is 24.2. The summed E-state index contributed by atoms with van der Waals surface area (Å²) in [5, 5.41) is 22.7. The van der Waals surface area contributed by atoms with Crippen LogP contribution in [0.15, 0.2) is 35.5 Å². The van der Waals surface area contributed by atoms with Gasteiger partial charge in [0.05, 0.1) is 170 Å². The van der Waals surface area contributed by atoms with Gasteiger partial charge in [-0.15, -0.1) is 0 Å². The Kier molecular flexibility index (Phi) is 41.7. The number of thioether (sulfide) groups is 1. The second kappa shape index (κ2) is 47.2. The van der Waals surface area contributed by atoms with E-state index in [1.807, 2.05) is 25.6 Å². The molecule has 2 heterocycles. The third-order valence-corrected chi connectivity index (χ3v) is 19.2. The van der Waals surface area contributed by atoms with Crippen LogP contribution >= 0.6 is 11.8 Å². The Bertz CT molecular complexity index is 1950. The Hall–Kier alpha value is -2.74. The van der Waals surface area contributed by atoms with Gasteiger partial charge >= 0.3 is 6.03 Å². The summed E-state index contributed by atoms with van der Waals surface area (Å²) in [4.78, 5) is 35.0. The first kappa shape index (κ1) is 77.7. The third-order valence-electron chi connectivity index (χ3n) is 17.7. The summed E-state index contributed by atoms with van der Waals surface area (Å²) in [6.07, 6.45) is 20.8. The highest BCUT2D eigenvalue weighted by atomic mass is 32.2. The number of nitrogens with one attached hydrogen (secondary N) is 4. The minimum atomic E-state index is -0.585. The van der Waals surface area contributed by atoms with E-state index in [9.17, 15) is 19.5 Å². The molecule has 2 saturated heterocycles. The fourth-order valence-corrected chi connectivity index (χ4v) is 13.9. The van der Waals surface area contributed by atoms with Crippen LogP contribution in [0.5, 0.6) is 0 Å². The molecule has 88 heavy (non-hydrogen) atoms. The van der Waals surface area contributed by atoms with Crippen molar-refractivity contribution >= 4 is 29.6 Å². The fraction of sp³-hybridized carbons (Fsp3) is 0.866. The number of carbonyl (C=O) groups is 3. The molecule has 510 valence electrons. The number of carbonyl (C=O) groups excluding carboxylic acids is 3. The zero-order valence-electron chi connectivity index (χ0n) is 55.5. The van der Waals surface area contributed by atoms with Gasteiger partial charge < -0.3 is 83.2 Å². The standard InChI is InChI=1S/C37H71N3O14S.C30H49NO2/c1-2-8-43-10-12-45-14-16-47-18-20-49-22-24-51-26-28-53-30-31-54-29-27-52-25-23-50-21-19-48-17-15-46-13-11-44-9-7-38-35(41)6-4-3-5-34-36-33(32-55-34)39-37(42)40-36;1-20-11-15-26(31-23(4)32)19-25(20)14-13-24-9-8-18-30(7)27(16-17-28(24)30)21(2)10-12-22(3)29(5,6)33/h33-34,36H,2-32H2,1H3,(H,38,41)(H2,39,40,42);13-14,21-22,26-28,33H,1,8-12,15-19H2,2-7H3,(H,31,32)/b;24-13+,25-14-/t33-,34-,36-;21?,22?,26-,27-,28?,30-/m01/s1. The van der Waals surface area contributed by atoms with E-state index in [4.69, 9.17) is 56.8 Å². The Labute approximate surface area is 534 Å².